The molecule has 2 rings (SSSR count). The zero-order valence-electron chi connectivity index (χ0n) is 14.1. The van der Waals surface area contributed by atoms with Gasteiger partial charge in [-0.25, -0.2) is 5.43 Å². The molecule has 24 heavy (non-hydrogen) atoms. The van der Waals surface area contributed by atoms with Crippen LogP contribution in [0.4, 0.5) is 0 Å². The lowest BCUT2D eigenvalue weighted by atomic mass is 10.2. The lowest BCUT2D eigenvalue weighted by Gasteiger charge is -2.09. The fraction of sp³-hybridized carbons (Fsp3) is 0.263. The van der Waals surface area contributed by atoms with Crippen molar-refractivity contribution in [2.24, 2.45) is 5.10 Å². The number of thioether (sulfide) groups is 1. The number of rotatable bonds is 7. The van der Waals surface area contributed by atoms with Crippen molar-refractivity contribution in [1.82, 2.24) is 5.43 Å². The minimum atomic E-state index is -0.216. The molecule has 5 heteroatoms. The number of nitrogens with zero attached hydrogens (tertiary/aromatic N) is 1. The number of hydrazone groups is 1. The van der Waals surface area contributed by atoms with Crippen LogP contribution in [0.1, 0.15) is 26.3 Å². The second-order valence-corrected chi connectivity index (χ2v) is 6.96. The molecule has 126 valence electrons. The van der Waals surface area contributed by atoms with E-state index >= 15 is 0 Å². The molecule has 0 heterocycles. The molecule has 0 aliphatic heterocycles. The second kappa shape index (κ2) is 9.13. The Morgan fingerprint density at radius 3 is 2.38 bits per heavy atom. The number of hydrogen-bond acceptors (Lipinski definition) is 4. The van der Waals surface area contributed by atoms with Gasteiger partial charge in [-0.05, 0) is 62.7 Å². The predicted octanol–water partition coefficient (Wildman–Crippen LogP) is 4.10. The summed E-state index contributed by atoms with van der Waals surface area (Å²) in [7, 11) is 0. The highest BCUT2D eigenvalue weighted by Crippen LogP contribution is 2.22. The lowest BCUT2D eigenvalue weighted by Crippen LogP contribution is -2.26. The zero-order chi connectivity index (χ0) is 17.4. The van der Waals surface area contributed by atoms with Gasteiger partial charge in [0.1, 0.15) is 5.75 Å². The topological polar surface area (TPSA) is 50.7 Å². The van der Waals surface area contributed by atoms with Crippen molar-refractivity contribution in [2.75, 3.05) is 0 Å². The quantitative estimate of drug-likeness (QED) is 0.468. The van der Waals surface area contributed by atoms with Crippen molar-refractivity contribution in [2.45, 2.75) is 37.0 Å². The molecule has 0 bridgehead atoms. The van der Waals surface area contributed by atoms with E-state index < -0.39 is 0 Å². The van der Waals surface area contributed by atoms with Crippen LogP contribution in [0.5, 0.6) is 5.75 Å². The van der Waals surface area contributed by atoms with Crippen LogP contribution in [-0.4, -0.2) is 23.5 Å². The lowest BCUT2D eigenvalue weighted by molar-refractivity contribution is -0.120. The largest absolute Gasteiger partial charge is 0.491 e. The Morgan fingerprint density at radius 1 is 1.08 bits per heavy atom. The van der Waals surface area contributed by atoms with Crippen LogP contribution in [0, 0.1) is 0 Å². The molecule has 2 aromatic carbocycles. The van der Waals surface area contributed by atoms with Crippen LogP contribution < -0.4 is 10.2 Å². The normalized spacial score (nSPS) is 12.3. The highest BCUT2D eigenvalue weighted by atomic mass is 32.2. The van der Waals surface area contributed by atoms with Crippen molar-refractivity contribution in [3.05, 3.63) is 60.2 Å². The average molecular weight is 342 g/mol. The highest BCUT2D eigenvalue weighted by molar-refractivity contribution is 8.00. The van der Waals surface area contributed by atoms with Crippen molar-refractivity contribution >= 4 is 23.9 Å². The molecule has 0 aromatic heterocycles. The summed E-state index contributed by atoms with van der Waals surface area (Å²) in [6.07, 6.45) is 1.77. The van der Waals surface area contributed by atoms with E-state index in [4.69, 9.17) is 4.74 Å². The molecule has 1 amide bonds. The zero-order valence-corrected chi connectivity index (χ0v) is 14.9. The third-order valence-electron chi connectivity index (χ3n) is 3.07. The van der Waals surface area contributed by atoms with Gasteiger partial charge >= 0.3 is 0 Å². The van der Waals surface area contributed by atoms with Gasteiger partial charge in [-0.1, -0.05) is 18.2 Å². The number of carbonyl (C=O) groups is 1. The number of carbonyl (C=O) groups excluding carboxylic acids is 1. The molecule has 2 aromatic rings. The minimum Gasteiger partial charge on any atom is -0.491 e. The summed E-state index contributed by atoms with van der Waals surface area (Å²) in [4.78, 5) is 13.1. The Kier molecular flexibility index (Phi) is 6.88. The van der Waals surface area contributed by atoms with Gasteiger partial charge < -0.3 is 4.74 Å². The van der Waals surface area contributed by atoms with Crippen molar-refractivity contribution in [1.29, 1.82) is 0 Å². The number of ether oxygens (including phenoxy) is 1. The summed E-state index contributed by atoms with van der Waals surface area (Å²) in [5.41, 5.74) is 3.47. The van der Waals surface area contributed by atoms with E-state index in [0.29, 0.717) is 0 Å². The first-order chi connectivity index (χ1) is 11.5. The van der Waals surface area contributed by atoms with Gasteiger partial charge in [-0.3, -0.25) is 4.79 Å². The molecule has 0 spiro atoms. The number of amides is 1. The summed E-state index contributed by atoms with van der Waals surface area (Å²) in [6.45, 7) is 5.83. The van der Waals surface area contributed by atoms with E-state index in [1.54, 1.807) is 6.21 Å². The van der Waals surface area contributed by atoms with E-state index in [1.807, 2.05) is 75.4 Å². The Balaban J connectivity index is 1.83. The monoisotopic (exact) mass is 342 g/mol. The number of nitrogens with one attached hydrogen (secondary N) is 1. The molecule has 0 saturated carbocycles. The van der Waals surface area contributed by atoms with Gasteiger partial charge in [0, 0.05) is 4.90 Å². The number of hydrogen-bond donors (Lipinski definition) is 1. The summed E-state index contributed by atoms with van der Waals surface area (Å²) >= 11 is 1.50. The van der Waals surface area contributed by atoms with Crippen LogP contribution in [-0.2, 0) is 4.79 Å². The molecule has 0 saturated heterocycles. The van der Waals surface area contributed by atoms with Crippen LogP contribution >= 0.6 is 11.8 Å². The highest BCUT2D eigenvalue weighted by Gasteiger charge is 2.13. The molecule has 1 N–H and O–H groups in total. The minimum absolute atomic E-state index is 0.125. The third-order valence-corrected chi connectivity index (χ3v) is 4.18. The summed E-state index contributed by atoms with van der Waals surface area (Å²) in [6, 6.07) is 17.4. The van der Waals surface area contributed by atoms with Crippen LogP contribution in [0.15, 0.2) is 64.6 Å². The van der Waals surface area contributed by atoms with E-state index in [1.165, 1.54) is 11.8 Å². The predicted molar refractivity (Wildman–Crippen MR) is 99.7 cm³/mol. The van der Waals surface area contributed by atoms with Gasteiger partial charge in [0.05, 0.1) is 17.6 Å². The third kappa shape index (κ3) is 6.08. The Bertz CT molecular complexity index is 670. The molecule has 0 fully saturated rings. The van der Waals surface area contributed by atoms with E-state index in [9.17, 15) is 4.79 Å². The van der Waals surface area contributed by atoms with Crippen LogP contribution in [0.2, 0.25) is 0 Å². The molecular formula is C19H22N2O2S. The molecule has 0 aliphatic carbocycles. The van der Waals surface area contributed by atoms with Gasteiger partial charge in [0.25, 0.3) is 5.91 Å². The Hall–Kier alpha value is -2.27. The Morgan fingerprint density at radius 2 is 1.75 bits per heavy atom. The maximum absolute atomic E-state index is 12.0. The molecular weight excluding hydrogens is 320 g/mol. The van der Waals surface area contributed by atoms with Crippen molar-refractivity contribution in [3.63, 3.8) is 0 Å². The van der Waals surface area contributed by atoms with Gasteiger partial charge in [0.15, 0.2) is 0 Å². The fourth-order valence-corrected chi connectivity index (χ4v) is 2.80. The molecule has 1 atom stereocenters. The summed E-state index contributed by atoms with van der Waals surface area (Å²) in [5, 5.41) is 3.80. The maximum Gasteiger partial charge on any atom is 0.253 e. The summed E-state index contributed by atoms with van der Waals surface area (Å²) < 4.78 is 5.58. The van der Waals surface area contributed by atoms with Gasteiger partial charge in [0.2, 0.25) is 0 Å². The van der Waals surface area contributed by atoms with Crippen LogP contribution in [0.25, 0.3) is 0 Å². The molecule has 0 unspecified atom stereocenters. The van der Waals surface area contributed by atoms with E-state index in [2.05, 4.69) is 10.5 Å². The second-order valence-electron chi connectivity index (χ2n) is 5.54. The number of benzene rings is 2. The van der Waals surface area contributed by atoms with Crippen molar-refractivity contribution in [3.8, 4) is 5.75 Å². The standard InChI is InChI=1S/C19H22N2O2S/c1-14(2)23-17-11-9-16(10-12-17)13-20-21-19(22)15(3)24-18-7-5-4-6-8-18/h4-15H,1-3H3,(H,21,22)/b20-13-/t15-/m1/s1. The maximum atomic E-state index is 12.0. The fourth-order valence-electron chi connectivity index (χ4n) is 1.92. The van der Waals surface area contributed by atoms with Crippen LogP contribution in [0.3, 0.4) is 0 Å². The van der Waals surface area contributed by atoms with Gasteiger partial charge in [-0.2, -0.15) is 5.10 Å². The van der Waals surface area contributed by atoms with E-state index in [0.717, 1.165) is 16.2 Å². The first kappa shape index (κ1) is 18.1. The van der Waals surface area contributed by atoms with E-state index in [-0.39, 0.29) is 17.3 Å². The average Bonchev–Trinajstić information content (AvgIpc) is 2.56. The molecule has 0 radical (unpaired) electrons. The smallest absolute Gasteiger partial charge is 0.253 e. The summed E-state index contributed by atoms with van der Waals surface area (Å²) in [5.74, 6) is 0.693. The molecule has 4 nitrogen and oxygen atoms in total. The van der Waals surface area contributed by atoms with Gasteiger partial charge in [-0.15, -0.1) is 11.8 Å². The first-order valence-corrected chi connectivity index (χ1v) is 8.74. The first-order valence-electron chi connectivity index (χ1n) is 7.86. The van der Waals surface area contributed by atoms with Crippen molar-refractivity contribution < 1.29 is 9.53 Å². The molecule has 0 aliphatic rings. The SMILES string of the molecule is CC(C)Oc1ccc(/C=N\NC(=O)[C@@H](C)Sc2ccccc2)cc1. The Labute approximate surface area is 147 Å².